The van der Waals surface area contributed by atoms with Crippen LogP contribution in [0.3, 0.4) is 0 Å². The van der Waals surface area contributed by atoms with Gasteiger partial charge in [-0.25, -0.2) is 4.79 Å². The maximum absolute atomic E-state index is 12.1. The number of nitrogens with one attached hydrogen (secondary N) is 4. The number of hydrogen-bond donors (Lipinski definition) is 4. The number of nitrogens with zero attached hydrogens (tertiary/aromatic N) is 1. The fraction of sp³-hybridized carbons (Fsp3) is 0.286. The molecule has 0 aromatic heterocycles. The fourth-order valence-electron chi connectivity index (χ4n) is 3.19. The van der Waals surface area contributed by atoms with Gasteiger partial charge < -0.3 is 10.6 Å². The second-order valence-corrected chi connectivity index (χ2v) is 7.40. The van der Waals surface area contributed by atoms with E-state index in [2.05, 4.69) is 21.5 Å². The monoisotopic (exact) mass is 429 g/mol. The SMILES string of the molecule is O=C(CN1CCC(NC(=O)Nc2ccccc2)CC1)NNC(=O)c1ccccc1Cl. The summed E-state index contributed by atoms with van der Waals surface area (Å²) >= 11 is 5.97. The van der Waals surface area contributed by atoms with E-state index in [0.29, 0.717) is 23.7 Å². The molecule has 3 rings (SSSR count). The Morgan fingerprint density at radius 2 is 1.60 bits per heavy atom. The van der Waals surface area contributed by atoms with Crippen molar-refractivity contribution in [2.45, 2.75) is 18.9 Å². The Labute approximate surface area is 179 Å². The number of hydrazine groups is 1. The van der Waals surface area contributed by atoms with Crippen LogP contribution in [0.25, 0.3) is 0 Å². The van der Waals surface area contributed by atoms with E-state index in [1.807, 2.05) is 35.2 Å². The zero-order chi connectivity index (χ0) is 21.3. The van der Waals surface area contributed by atoms with E-state index in [1.165, 1.54) is 0 Å². The van der Waals surface area contributed by atoms with E-state index < -0.39 is 5.91 Å². The van der Waals surface area contributed by atoms with Gasteiger partial charge in [-0.15, -0.1) is 0 Å². The lowest BCUT2D eigenvalue weighted by Crippen LogP contribution is -2.50. The Balaban J connectivity index is 1.35. The van der Waals surface area contributed by atoms with Gasteiger partial charge in [0.15, 0.2) is 0 Å². The minimum Gasteiger partial charge on any atom is -0.335 e. The first-order valence-corrected chi connectivity index (χ1v) is 10.1. The first kappa shape index (κ1) is 21.6. The van der Waals surface area contributed by atoms with Crippen LogP contribution in [0.1, 0.15) is 23.2 Å². The van der Waals surface area contributed by atoms with Gasteiger partial charge in [0.25, 0.3) is 11.8 Å². The molecule has 0 aliphatic carbocycles. The lowest BCUT2D eigenvalue weighted by atomic mass is 10.1. The van der Waals surface area contributed by atoms with Crippen molar-refractivity contribution >= 4 is 35.1 Å². The molecule has 158 valence electrons. The van der Waals surface area contributed by atoms with E-state index in [0.717, 1.165) is 18.5 Å². The summed E-state index contributed by atoms with van der Waals surface area (Å²) in [5.74, 6) is -0.787. The molecule has 30 heavy (non-hydrogen) atoms. The van der Waals surface area contributed by atoms with E-state index in [-0.39, 0.29) is 24.5 Å². The molecule has 0 spiro atoms. The number of amides is 4. The molecule has 1 heterocycles. The zero-order valence-corrected chi connectivity index (χ0v) is 17.1. The van der Waals surface area contributed by atoms with Crippen molar-refractivity contribution in [3.63, 3.8) is 0 Å². The average Bonchev–Trinajstić information content (AvgIpc) is 2.74. The third-order valence-corrected chi connectivity index (χ3v) is 5.09. The molecule has 0 bridgehead atoms. The number of rotatable bonds is 5. The quantitative estimate of drug-likeness (QED) is 0.548. The van der Waals surface area contributed by atoms with Crippen LogP contribution in [0.4, 0.5) is 10.5 Å². The summed E-state index contributed by atoms with van der Waals surface area (Å²) in [5, 5.41) is 6.07. The first-order chi connectivity index (χ1) is 14.5. The third kappa shape index (κ3) is 6.47. The lowest BCUT2D eigenvalue weighted by Gasteiger charge is -2.31. The van der Waals surface area contributed by atoms with Crippen molar-refractivity contribution in [2.75, 3.05) is 25.0 Å². The molecule has 2 aromatic carbocycles. The smallest absolute Gasteiger partial charge is 0.319 e. The predicted molar refractivity (Wildman–Crippen MR) is 115 cm³/mol. The highest BCUT2D eigenvalue weighted by molar-refractivity contribution is 6.33. The van der Waals surface area contributed by atoms with Crippen LogP contribution in [0.5, 0.6) is 0 Å². The third-order valence-electron chi connectivity index (χ3n) is 4.76. The van der Waals surface area contributed by atoms with Crippen molar-refractivity contribution in [3.05, 3.63) is 65.2 Å². The van der Waals surface area contributed by atoms with Gasteiger partial charge in [-0.3, -0.25) is 25.3 Å². The Bertz CT molecular complexity index is 885. The summed E-state index contributed by atoms with van der Waals surface area (Å²) in [5.41, 5.74) is 5.81. The van der Waals surface area contributed by atoms with E-state index in [1.54, 1.807) is 24.3 Å². The molecular weight excluding hydrogens is 406 g/mol. The standard InChI is InChI=1S/C21H24ClN5O3/c22-18-9-5-4-8-17(18)20(29)26-25-19(28)14-27-12-10-16(11-13-27)24-21(30)23-15-6-2-1-3-7-15/h1-9,16H,10-14H2,(H,25,28)(H,26,29)(H2,23,24,30). The van der Waals surface area contributed by atoms with Crippen LogP contribution < -0.4 is 21.5 Å². The Kier molecular flexibility index (Phi) is 7.64. The number of carbonyl (C=O) groups is 3. The minimum absolute atomic E-state index is 0.0490. The molecule has 1 aliphatic heterocycles. The summed E-state index contributed by atoms with van der Waals surface area (Å²) in [4.78, 5) is 38.2. The number of benzene rings is 2. The van der Waals surface area contributed by atoms with Gasteiger partial charge in [0.1, 0.15) is 0 Å². The Morgan fingerprint density at radius 1 is 0.933 bits per heavy atom. The summed E-state index contributed by atoms with van der Waals surface area (Å²) in [6.45, 7) is 1.50. The lowest BCUT2D eigenvalue weighted by molar-refractivity contribution is -0.123. The highest BCUT2D eigenvalue weighted by atomic mass is 35.5. The molecule has 8 nitrogen and oxygen atoms in total. The Hall–Kier alpha value is -3.10. The molecule has 2 aromatic rings. The highest BCUT2D eigenvalue weighted by Gasteiger charge is 2.22. The molecule has 4 N–H and O–H groups in total. The highest BCUT2D eigenvalue weighted by Crippen LogP contribution is 2.14. The van der Waals surface area contributed by atoms with Crippen LogP contribution in [0.15, 0.2) is 54.6 Å². The summed E-state index contributed by atoms with van der Waals surface area (Å²) in [6, 6.07) is 15.7. The van der Waals surface area contributed by atoms with Crippen molar-refractivity contribution in [1.29, 1.82) is 0 Å². The van der Waals surface area contributed by atoms with Crippen molar-refractivity contribution in [2.24, 2.45) is 0 Å². The van der Waals surface area contributed by atoms with Crippen molar-refractivity contribution in [3.8, 4) is 0 Å². The minimum atomic E-state index is -0.471. The summed E-state index contributed by atoms with van der Waals surface area (Å²) < 4.78 is 0. The fourth-order valence-corrected chi connectivity index (χ4v) is 3.41. The van der Waals surface area contributed by atoms with Crippen LogP contribution >= 0.6 is 11.6 Å². The molecule has 1 aliphatic rings. The number of urea groups is 1. The summed E-state index contributed by atoms with van der Waals surface area (Å²) in [7, 11) is 0. The molecule has 0 atom stereocenters. The van der Waals surface area contributed by atoms with Crippen LogP contribution in [0.2, 0.25) is 5.02 Å². The van der Waals surface area contributed by atoms with Crippen LogP contribution in [-0.2, 0) is 4.79 Å². The van der Waals surface area contributed by atoms with Gasteiger partial charge in [0.05, 0.1) is 17.1 Å². The number of hydrogen-bond acceptors (Lipinski definition) is 4. The summed E-state index contributed by atoms with van der Waals surface area (Å²) in [6.07, 6.45) is 1.48. The first-order valence-electron chi connectivity index (χ1n) is 9.70. The van der Waals surface area contributed by atoms with Gasteiger partial charge in [0, 0.05) is 24.8 Å². The zero-order valence-electron chi connectivity index (χ0n) is 16.4. The van der Waals surface area contributed by atoms with Gasteiger partial charge >= 0.3 is 6.03 Å². The average molecular weight is 430 g/mol. The predicted octanol–water partition coefficient (Wildman–Crippen LogP) is 2.39. The van der Waals surface area contributed by atoms with Crippen LogP contribution in [-0.4, -0.2) is 48.4 Å². The second-order valence-electron chi connectivity index (χ2n) is 7.00. The molecular formula is C21H24ClN5O3. The molecule has 0 saturated carbocycles. The number of piperidine rings is 1. The maximum atomic E-state index is 12.1. The number of carbonyl (C=O) groups excluding carboxylic acids is 3. The Morgan fingerprint density at radius 3 is 2.30 bits per heavy atom. The molecule has 1 saturated heterocycles. The number of para-hydroxylation sites is 1. The second kappa shape index (κ2) is 10.6. The molecule has 4 amide bonds. The van der Waals surface area contributed by atoms with Gasteiger partial charge in [-0.2, -0.15) is 0 Å². The molecule has 9 heteroatoms. The number of likely N-dealkylation sites (tertiary alicyclic amines) is 1. The van der Waals surface area contributed by atoms with E-state index >= 15 is 0 Å². The molecule has 1 fully saturated rings. The molecule has 0 radical (unpaired) electrons. The largest absolute Gasteiger partial charge is 0.335 e. The molecule has 0 unspecified atom stereocenters. The van der Waals surface area contributed by atoms with Gasteiger partial charge in [-0.05, 0) is 37.1 Å². The van der Waals surface area contributed by atoms with E-state index in [9.17, 15) is 14.4 Å². The maximum Gasteiger partial charge on any atom is 0.319 e. The van der Waals surface area contributed by atoms with Crippen molar-refractivity contribution in [1.82, 2.24) is 21.1 Å². The van der Waals surface area contributed by atoms with Crippen LogP contribution in [0, 0.1) is 0 Å². The van der Waals surface area contributed by atoms with Gasteiger partial charge in [0.2, 0.25) is 0 Å². The normalized spacial score (nSPS) is 14.6. The van der Waals surface area contributed by atoms with Gasteiger partial charge in [-0.1, -0.05) is 41.9 Å². The van der Waals surface area contributed by atoms with E-state index in [4.69, 9.17) is 11.6 Å². The number of halogens is 1. The topological polar surface area (TPSA) is 103 Å². The number of anilines is 1. The van der Waals surface area contributed by atoms with Crippen molar-refractivity contribution < 1.29 is 14.4 Å².